The Kier molecular flexibility index (Phi) is 4.38. The van der Waals surface area contributed by atoms with Crippen LogP contribution in [0.5, 0.6) is 11.5 Å². The number of para-hydroxylation sites is 2. The van der Waals surface area contributed by atoms with Gasteiger partial charge >= 0.3 is 12.2 Å². The second-order valence-corrected chi connectivity index (χ2v) is 8.45. The summed E-state index contributed by atoms with van der Waals surface area (Å²) in [5.41, 5.74) is 2.79. The number of fused-ring (bicyclic) bond motifs is 2. The van der Waals surface area contributed by atoms with Gasteiger partial charge < -0.3 is 14.8 Å². The smallest absolute Gasteiger partial charge is 0.321 e. The largest absolute Gasteiger partial charge is 0.442 e. The third kappa shape index (κ3) is 3.47. The van der Waals surface area contributed by atoms with Crippen molar-refractivity contribution >= 4 is 5.91 Å². The van der Waals surface area contributed by atoms with Gasteiger partial charge in [-0.1, -0.05) is 26.0 Å². The number of nitrogens with one attached hydrogen (secondary N) is 1. The van der Waals surface area contributed by atoms with E-state index >= 15 is 0 Å². The number of benzene rings is 1. The van der Waals surface area contributed by atoms with E-state index in [0.29, 0.717) is 17.3 Å². The van der Waals surface area contributed by atoms with Crippen molar-refractivity contribution < 1.29 is 14.3 Å². The van der Waals surface area contributed by atoms with Gasteiger partial charge in [-0.2, -0.15) is 0 Å². The summed E-state index contributed by atoms with van der Waals surface area (Å²) in [6.07, 6.45) is 5.88. The maximum absolute atomic E-state index is 12.9. The van der Waals surface area contributed by atoms with E-state index in [1.165, 1.54) is 0 Å². The molecular weight excluding hydrogens is 380 g/mol. The first kappa shape index (κ1) is 18.5. The van der Waals surface area contributed by atoms with E-state index in [-0.39, 0.29) is 17.4 Å². The fourth-order valence-electron chi connectivity index (χ4n) is 4.06. The molecule has 30 heavy (non-hydrogen) atoms. The Morgan fingerprint density at radius 2 is 1.80 bits per heavy atom. The highest BCUT2D eigenvalue weighted by molar-refractivity contribution is 5.81. The van der Waals surface area contributed by atoms with Crippen molar-refractivity contribution in [2.24, 2.45) is 5.41 Å². The van der Waals surface area contributed by atoms with Crippen LogP contribution in [0.15, 0.2) is 55.0 Å². The minimum Gasteiger partial charge on any atom is -0.442 e. The van der Waals surface area contributed by atoms with Gasteiger partial charge in [-0.25, -0.2) is 9.97 Å². The van der Waals surface area contributed by atoms with Gasteiger partial charge in [-0.3, -0.25) is 9.78 Å². The van der Waals surface area contributed by atoms with Crippen molar-refractivity contribution in [3.8, 4) is 22.9 Å². The quantitative estimate of drug-likeness (QED) is 0.722. The topological polar surface area (TPSA) is 86.2 Å². The van der Waals surface area contributed by atoms with Crippen molar-refractivity contribution in [2.75, 3.05) is 0 Å². The average molecular weight is 402 g/mol. The Labute approximate surface area is 174 Å². The van der Waals surface area contributed by atoms with Crippen molar-refractivity contribution in [2.45, 2.75) is 39.0 Å². The van der Waals surface area contributed by atoms with Crippen molar-refractivity contribution in [1.29, 1.82) is 0 Å². The first-order chi connectivity index (χ1) is 14.5. The van der Waals surface area contributed by atoms with Crippen molar-refractivity contribution in [1.82, 2.24) is 20.3 Å². The third-order valence-corrected chi connectivity index (χ3v) is 5.46. The minimum atomic E-state index is -0.993. The van der Waals surface area contributed by atoms with E-state index in [4.69, 9.17) is 14.5 Å². The summed E-state index contributed by atoms with van der Waals surface area (Å²) in [4.78, 5) is 26.3. The zero-order valence-corrected chi connectivity index (χ0v) is 16.8. The van der Waals surface area contributed by atoms with Crippen LogP contribution in [0.4, 0.5) is 0 Å². The molecule has 1 atom stereocenters. The highest BCUT2D eigenvalue weighted by Gasteiger charge is 2.38. The molecule has 0 saturated carbocycles. The predicted molar refractivity (Wildman–Crippen MR) is 110 cm³/mol. The molecule has 7 nitrogen and oxygen atoms in total. The van der Waals surface area contributed by atoms with Gasteiger partial charge in [0.15, 0.2) is 17.3 Å². The molecule has 1 amide bonds. The normalized spacial score (nSPS) is 19.2. The van der Waals surface area contributed by atoms with E-state index in [1.807, 2.05) is 30.5 Å². The molecule has 5 rings (SSSR count). The molecule has 0 bridgehead atoms. The molecule has 0 radical (unpaired) electrons. The Morgan fingerprint density at radius 1 is 1.10 bits per heavy atom. The first-order valence-electron chi connectivity index (χ1n) is 9.97. The summed E-state index contributed by atoms with van der Waals surface area (Å²) >= 11 is 0. The lowest BCUT2D eigenvalue weighted by molar-refractivity contribution is -0.137. The molecule has 2 aromatic heterocycles. The maximum atomic E-state index is 12.9. The highest BCUT2D eigenvalue weighted by atomic mass is 16.7. The second-order valence-electron chi connectivity index (χ2n) is 8.45. The lowest BCUT2D eigenvalue weighted by Gasteiger charge is -2.36. The molecular formula is C23H22N4O3. The number of rotatable bonds is 3. The average Bonchev–Trinajstić information content (AvgIpc) is 3.18. The van der Waals surface area contributed by atoms with Gasteiger partial charge in [0.2, 0.25) is 0 Å². The second kappa shape index (κ2) is 7.09. The summed E-state index contributed by atoms with van der Waals surface area (Å²) < 4.78 is 11.3. The number of nitrogens with zero attached hydrogens (tertiary/aromatic N) is 3. The number of aromatic nitrogens is 3. The van der Waals surface area contributed by atoms with Gasteiger partial charge in [-0.15, -0.1) is 0 Å². The molecule has 3 aromatic rings. The van der Waals surface area contributed by atoms with Gasteiger partial charge in [0.05, 0.1) is 11.7 Å². The minimum absolute atomic E-state index is 0.0187. The molecule has 1 aromatic carbocycles. The zero-order valence-electron chi connectivity index (χ0n) is 16.8. The van der Waals surface area contributed by atoms with E-state index in [1.54, 1.807) is 24.5 Å². The van der Waals surface area contributed by atoms with Crippen LogP contribution in [0.25, 0.3) is 11.4 Å². The highest BCUT2D eigenvalue weighted by Crippen LogP contribution is 2.41. The number of pyridine rings is 1. The monoisotopic (exact) mass is 402 g/mol. The summed E-state index contributed by atoms with van der Waals surface area (Å²) in [7, 11) is 0. The van der Waals surface area contributed by atoms with Gasteiger partial charge in [-0.05, 0) is 42.5 Å². The SMILES string of the molecule is CC1(C)Cc2nc(-c3ccncc3)ncc2[C@@H](NC(=O)C2Oc3ccccc3O2)C1. The number of ether oxygens (including phenoxy) is 2. The molecule has 2 aliphatic rings. The van der Waals surface area contributed by atoms with Crippen LogP contribution in [0.3, 0.4) is 0 Å². The maximum Gasteiger partial charge on any atom is 0.321 e. The Balaban J connectivity index is 1.39. The Morgan fingerprint density at radius 3 is 2.50 bits per heavy atom. The Bertz CT molecular complexity index is 1080. The first-order valence-corrected chi connectivity index (χ1v) is 9.97. The van der Waals surface area contributed by atoms with E-state index in [0.717, 1.165) is 29.7 Å². The van der Waals surface area contributed by atoms with Crippen LogP contribution in [0, 0.1) is 5.41 Å². The molecule has 3 heterocycles. The number of carbonyl (C=O) groups is 1. The van der Waals surface area contributed by atoms with Crippen LogP contribution >= 0.6 is 0 Å². The molecule has 1 aliphatic carbocycles. The number of carbonyl (C=O) groups excluding carboxylic acids is 1. The van der Waals surface area contributed by atoms with Gasteiger partial charge in [0.25, 0.3) is 0 Å². The van der Waals surface area contributed by atoms with E-state index in [9.17, 15) is 4.79 Å². The summed E-state index contributed by atoms with van der Waals surface area (Å²) in [5.74, 6) is 1.51. The van der Waals surface area contributed by atoms with Crippen LogP contribution < -0.4 is 14.8 Å². The molecule has 0 fully saturated rings. The summed E-state index contributed by atoms with van der Waals surface area (Å²) in [6.45, 7) is 4.36. The van der Waals surface area contributed by atoms with Crippen LogP contribution in [0.2, 0.25) is 0 Å². The molecule has 1 aliphatic heterocycles. The summed E-state index contributed by atoms with van der Waals surface area (Å²) in [6, 6.07) is 10.8. The fourth-order valence-corrected chi connectivity index (χ4v) is 4.06. The molecule has 7 heteroatoms. The molecule has 0 spiro atoms. The Hall–Kier alpha value is -3.48. The number of amides is 1. The van der Waals surface area contributed by atoms with Crippen LogP contribution in [-0.2, 0) is 11.2 Å². The third-order valence-electron chi connectivity index (χ3n) is 5.46. The standard InChI is InChI=1S/C23H22N4O3/c1-23(2)11-16-15(13-25-20(26-16)14-7-9-24-10-8-14)17(12-23)27-21(28)22-29-18-5-3-4-6-19(18)30-22/h3-10,13,17,22H,11-12H2,1-2H3,(H,27,28)/t17-/m0/s1. The van der Waals surface area contributed by atoms with E-state index < -0.39 is 6.29 Å². The van der Waals surface area contributed by atoms with E-state index in [2.05, 4.69) is 29.1 Å². The number of hydrogen-bond donors (Lipinski definition) is 1. The zero-order chi connectivity index (χ0) is 20.7. The molecule has 0 saturated heterocycles. The van der Waals surface area contributed by atoms with Crippen LogP contribution in [0.1, 0.15) is 37.6 Å². The van der Waals surface area contributed by atoms with Crippen molar-refractivity contribution in [3.63, 3.8) is 0 Å². The van der Waals surface area contributed by atoms with Crippen molar-refractivity contribution in [3.05, 3.63) is 66.2 Å². The predicted octanol–water partition coefficient (Wildman–Crippen LogP) is 3.47. The number of hydrogen-bond acceptors (Lipinski definition) is 6. The molecule has 0 unspecified atom stereocenters. The van der Waals surface area contributed by atoms with Gasteiger partial charge in [0, 0.05) is 29.7 Å². The fraction of sp³-hybridized carbons (Fsp3) is 0.304. The van der Waals surface area contributed by atoms with Gasteiger partial charge in [0.1, 0.15) is 0 Å². The summed E-state index contributed by atoms with van der Waals surface area (Å²) in [5, 5.41) is 3.09. The molecule has 152 valence electrons. The lowest BCUT2D eigenvalue weighted by Crippen LogP contribution is -2.44. The van der Waals surface area contributed by atoms with Crippen LogP contribution in [-0.4, -0.2) is 27.1 Å². The lowest BCUT2D eigenvalue weighted by atomic mass is 9.74. The molecule has 1 N–H and O–H groups in total.